The molecule has 1 rings (SSSR count). The van der Waals surface area contributed by atoms with Crippen molar-refractivity contribution in [3.05, 3.63) is 35.6 Å². The van der Waals surface area contributed by atoms with Gasteiger partial charge in [-0.2, -0.15) is 0 Å². The summed E-state index contributed by atoms with van der Waals surface area (Å²) >= 11 is 0. The van der Waals surface area contributed by atoms with E-state index in [0.717, 1.165) is 18.4 Å². The summed E-state index contributed by atoms with van der Waals surface area (Å²) in [5.41, 5.74) is 0.788. The van der Waals surface area contributed by atoms with Crippen molar-refractivity contribution in [2.45, 2.75) is 38.6 Å². The minimum absolute atomic E-state index is 0.103. The fourth-order valence-corrected chi connectivity index (χ4v) is 1.81. The highest BCUT2D eigenvalue weighted by Crippen LogP contribution is 2.21. The number of benzene rings is 1. The second kappa shape index (κ2) is 6.57. The van der Waals surface area contributed by atoms with Crippen LogP contribution < -0.4 is 5.32 Å². The first-order chi connectivity index (χ1) is 7.29. The third kappa shape index (κ3) is 3.63. The SMILES string of the molecule is CCCCCC(NC)c1ccccc1F. The lowest BCUT2D eigenvalue weighted by atomic mass is 10.0. The molecule has 0 saturated carbocycles. The smallest absolute Gasteiger partial charge is 0.127 e. The average Bonchev–Trinajstić information content (AvgIpc) is 2.26. The largest absolute Gasteiger partial charge is 0.313 e. The molecule has 0 bridgehead atoms. The molecular formula is C13H20FN. The molecule has 15 heavy (non-hydrogen) atoms. The quantitative estimate of drug-likeness (QED) is 0.705. The Morgan fingerprint density at radius 2 is 2.00 bits per heavy atom. The second-order valence-corrected chi connectivity index (χ2v) is 3.86. The molecule has 0 fully saturated rings. The predicted octanol–water partition coefficient (Wildman–Crippen LogP) is 3.67. The molecule has 1 nitrogen and oxygen atoms in total. The predicted molar refractivity (Wildman–Crippen MR) is 62.3 cm³/mol. The van der Waals surface area contributed by atoms with Crippen LogP contribution in [0.2, 0.25) is 0 Å². The molecule has 1 N–H and O–H groups in total. The lowest BCUT2D eigenvalue weighted by molar-refractivity contribution is 0.485. The Hall–Kier alpha value is -0.890. The van der Waals surface area contributed by atoms with E-state index in [4.69, 9.17) is 0 Å². The van der Waals surface area contributed by atoms with Crippen LogP contribution in [-0.2, 0) is 0 Å². The lowest BCUT2D eigenvalue weighted by Gasteiger charge is -2.16. The molecule has 1 aromatic carbocycles. The van der Waals surface area contributed by atoms with Gasteiger partial charge in [0, 0.05) is 11.6 Å². The van der Waals surface area contributed by atoms with Crippen molar-refractivity contribution in [3.63, 3.8) is 0 Å². The Balaban J connectivity index is 2.61. The normalized spacial score (nSPS) is 12.7. The van der Waals surface area contributed by atoms with E-state index in [1.54, 1.807) is 6.07 Å². The maximum Gasteiger partial charge on any atom is 0.127 e. The molecule has 84 valence electrons. The van der Waals surface area contributed by atoms with Gasteiger partial charge in [-0.05, 0) is 19.5 Å². The summed E-state index contributed by atoms with van der Waals surface area (Å²) in [5, 5.41) is 3.18. The average molecular weight is 209 g/mol. The molecule has 1 atom stereocenters. The monoisotopic (exact) mass is 209 g/mol. The summed E-state index contributed by atoms with van der Waals surface area (Å²) < 4.78 is 13.5. The third-order valence-electron chi connectivity index (χ3n) is 2.73. The van der Waals surface area contributed by atoms with Crippen LogP contribution in [0.3, 0.4) is 0 Å². The maximum absolute atomic E-state index is 13.5. The van der Waals surface area contributed by atoms with Crippen LogP contribution in [0.5, 0.6) is 0 Å². The summed E-state index contributed by atoms with van der Waals surface area (Å²) in [6.07, 6.45) is 4.57. The van der Waals surface area contributed by atoms with Crippen molar-refractivity contribution in [2.75, 3.05) is 7.05 Å². The highest BCUT2D eigenvalue weighted by atomic mass is 19.1. The van der Waals surface area contributed by atoms with Crippen LogP contribution in [0, 0.1) is 5.82 Å². The van der Waals surface area contributed by atoms with E-state index in [2.05, 4.69) is 12.2 Å². The van der Waals surface area contributed by atoms with Crippen LogP contribution in [0.15, 0.2) is 24.3 Å². The summed E-state index contributed by atoms with van der Waals surface area (Å²) in [4.78, 5) is 0. The van der Waals surface area contributed by atoms with Crippen LogP contribution in [0.1, 0.15) is 44.2 Å². The second-order valence-electron chi connectivity index (χ2n) is 3.86. The Kier molecular flexibility index (Phi) is 5.33. The van der Waals surface area contributed by atoms with Gasteiger partial charge < -0.3 is 5.32 Å². The Labute approximate surface area is 91.7 Å². The number of nitrogens with one attached hydrogen (secondary N) is 1. The van der Waals surface area contributed by atoms with E-state index in [-0.39, 0.29) is 11.9 Å². The van der Waals surface area contributed by atoms with Crippen LogP contribution in [-0.4, -0.2) is 7.05 Å². The number of hydrogen-bond donors (Lipinski definition) is 1. The number of unbranched alkanes of at least 4 members (excludes halogenated alkanes) is 2. The van der Waals surface area contributed by atoms with Crippen LogP contribution in [0.25, 0.3) is 0 Å². The van der Waals surface area contributed by atoms with Gasteiger partial charge >= 0.3 is 0 Å². The van der Waals surface area contributed by atoms with E-state index in [1.807, 2.05) is 19.2 Å². The molecule has 1 aromatic rings. The molecule has 0 spiro atoms. The van der Waals surface area contributed by atoms with Gasteiger partial charge in [0.05, 0.1) is 0 Å². The van der Waals surface area contributed by atoms with E-state index in [0.29, 0.717) is 0 Å². The first kappa shape index (κ1) is 12.2. The van der Waals surface area contributed by atoms with Gasteiger partial charge in [0.25, 0.3) is 0 Å². The fourth-order valence-electron chi connectivity index (χ4n) is 1.81. The van der Waals surface area contributed by atoms with Gasteiger partial charge in [-0.25, -0.2) is 4.39 Å². The molecule has 0 amide bonds. The number of rotatable bonds is 6. The van der Waals surface area contributed by atoms with Crippen molar-refractivity contribution in [3.8, 4) is 0 Å². The molecule has 0 aliphatic heterocycles. The molecule has 0 aliphatic carbocycles. The zero-order valence-electron chi connectivity index (χ0n) is 9.59. The first-order valence-corrected chi connectivity index (χ1v) is 5.71. The topological polar surface area (TPSA) is 12.0 Å². The molecule has 2 heteroatoms. The van der Waals surface area contributed by atoms with E-state index < -0.39 is 0 Å². The molecule has 0 aromatic heterocycles. The summed E-state index contributed by atoms with van der Waals surface area (Å²) in [5.74, 6) is -0.103. The van der Waals surface area contributed by atoms with Gasteiger partial charge in [-0.3, -0.25) is 0 Å². The summed E-state index contributed by atoms with van der Waals surface area (Å²) in [6.45, 7) is 2.18. The van der Waals surface area contributed by atoms with E-state index >= 15 is 0 Å². The van der Waals surface area contributed by atoms with Crippen LogP contribution in [0.4, 0.5) is 4.39 Å². The molecular weight excluding hydrogens is 189 g/mol. The Bertz CT molecular complexity index is 286. The zero-order valence-corrected chi connectivity index (χ0v) is 9.59. The minimum atomic E-state index is -0.103. The molecule has 0 saturated heterocycles. The summed E-state index contributed by atoms with van der Waals surface area (Å²) in [7, 11) is 1.89. The molecule has 0 heterocycles. The molecule has 0 radical (unpaired) electrons. The zero-order chi connectivity index (χ0) is 11.1. The number of halogens is 1. The lowest BCUT2D eigenvalue weighted by Crippen LogP contribution is -2.17. The van der Waals surface area contributed by atoms with Crippen molar-refractivity contribution in [1.82, 2.24) is 5.32 Å². The van der Waals surface area contributed by atoms with Crippen molar-refractivity contribution < 1.29 is 4.39 Å². The Morgan fingerprint density at radius 3 is 2.60 bits per heavy atom. The van der Waals surface area contributed by atoms with E-state index in [1.165, 1.54) is 18.9 Å². The minimum Gasteiger partial charge on any atom is -0.313 e. The van der Waals surface area contributed by atoms with Crippen molar-refractivity contribution in [2.24, 2.45) is 0 Å². The fraction of sp³-hybridized carbons (Fsp3) is 0.538. The van der Waals surface area contributed by atoms with Crippen molar-refractivity contribution >= 4 is 0 Å². The van der Waals surface area contributed by atoms with Gasteiger partial charge in [0.1, 0.15) is 5.82 Å². The highest BCUT2D eigenvalue weighted by molar-refractivity contribution is 5.20. The highest BCUT2D eigenvalue weighted by Gasteiger charge is 2.12. The van der Waals surface area contributed by atoms with Gasteiger partial charge in [0.2, 0.25) is 0 Å². The maximum atomic E-state index is 13.5. The van der Waals surface area contributed by atoms with Gasteiger partial charge in [-0.1, -0.05) is 44.4 Å². The van der Waals surface area contributed by atoms with Gasteiger partial charge in [-0.15, -0.1) is 0 Å². The number of hydrogen-bond acceptors (Lipinski definition) is 1. The summed E-state index contributed by atoms with van der Waals surface area (Å²) in [6, 6.07) is 7.17. The van der Waals surface area contributed by atoms with Gasteiger partial charge in [0.15, 0.2) is 0 Å². The van der Waals surface area contributed by atoms with E-state index in [9.17, 15) is 4.39 Å². The first-order valence-electron chi connectivity index (χ1n) is 5.71. The third-order valence-corrected chi connectivity index (χ3v) is 2.73. The molecule has 1 unspecified atom stereocenters. The van der Waals surface area contributed by atoms with Crippen LogP contribution >= 0.6 is 0 Å². The molecule has 0 aliphatic rings. The Morgan fingerprint density at radius 1 is 1.27 bits per heavy atom. The van der Waals surface area contributed by atoms with Crippen molar-refractivity contribution in [1.29, 1.82) is 0 Å². The standard InChI is InChI=1S/C13H20FN/c1-3-4-5-10-13(15-2)11-8-6-7-9-12(11)14/h6-9,13,15H,3-5,10H2,1-2H3.